The Morgan fingerprint density at radius 1 is 1.19 bits per heavy atom. The molecule has 0 amide bonds. The van der Waals surface area contributed by atoms with E-state index in [0.717, 1.165) is 30.0 Å². The van der Waals surface area contributed by atoms with Gasteiger partial charge < -0.3 is 19.9 Å². The molecule has 7 nitrogen and oxygen atoms in total. The molecule has 1 aromatic heterocycles. The Balaban J connectivity index is 0.00000364. The highest BCUT2D eigenvalue weighted by molar-refractivity contribution is 14.0. The number of aromatic nitrogens is 3. The van der Waals surface area contributed by atoms with Crippen LogP contribution in [0.25, 0.3) is 0 Å². The van der Waals surface area contributed by atoms with E-state index in [0.29, 0.717) is 12.5 Å². The van der Waals surface area contributed by atoms with Gasteiger partial charge in [-0.1, -0.05) is 26.0 Å². The molecule has 2 rings (SSSR count). The molecule has 2 N–H and O–H groups in total. The lowest BCUT2D eigenvalue weighted by Crippen LogP contribution is -2.38. The molecule has 0 aliphatic carbocycles. The van der Waals surface area contributed by atoms with Crippen LogP contribution in [-0.2, 0) is 13.6 Å². The summed E-state index contributed by atoms with van der Waals surface area (Å²) in [5.74, 6) is 3.89. The predicted octanol–water partition coefficient (Wildman–Crippen LogP) is 3.20. The van der Waals surface area contributed by atoms with Crippen LogP contribution in [0.15, 0.2) is 29.3 Å². The molecule has 0 radical (unpaired) electrons. The van der Waals surface area contributed by atoms with Crippen molar-refractivity contribution in [3.05, 3.63) is 41.5 Å². The molecule has 0 aliphatic heterocycles. The van der Waals surface area contributed by atoms with Crippen molar-refractivity contribution in [2.45, 2.75) is 40.3 Å². The van der Waals surface area contributed by atoms with Crippen molar-refractivity contribution in [3.63, 3.8) is 0 Å². The van der Waals surface area contributed by atoms with Crippen molar-refractivity contribution in [2.24, 2.45) is 18.0 Å². The van der Waals surface area contributed by atoms with Crippen molar-refractivity contribution in [3.8, 4) is 5.75 Å². The maximum absolute atomic E-state index is 5.73. The van der Waals surface area contributed by atoms with Crippen LogP contribution >= 0.6 is 24.0 Å². The van der Waals surface area contributed by atoms with Crippen LogP contribution < -0.4 is 15.4 Å². The molecule has 0 saturated carbocycles. The molecule has 0 aliphatic rings. The second kappa shape index (κ2) is 11.1. The fourth-order valence-electron chi connectivity index (χ4n) is 2.37. The van der Waals surface area contributed by atoms with Crippen LogP contribution in [0.5, 0.6) is 5.75 Å². The van der Waals surface area contributed by atoms with E-state index in [1.165, 1.54) is 5.56 Å². The van der Waals surface area contributed by atoms with Gasteiger partial charge in [-0.15, -0.1) is 34.2 Å². The number of nitrogens with zero attached hydrogens (tertiary/aromatic N) is 4. The number of rotatable bonds is 7. The molecule has 150 valence electrons. The van der Waals surface area contributed by atoms with Gasteiger partial charge in [0.1, 0.15) is 11.6 Å². The third kappa shape index (κ3) is 7.00. The van der Waals surface area contributed by atoms with E-state index in [-0.39, 0.29) is 30.0 Å². The zero-order valence-corrected chi connectivity index (χ0v) is 19.3. The minimum absolute atomic E-state index is 0. The normalized spacial score (nSPS) is 12.5. The van der Waals surface area contributed by atoms with Crippen molar-refractivity contribution < 1.29 is 4.74 Å². The topological polar surface area (TPSA) is 76.4 Å². The highest BCUT2D eigenvalue weighted by Gasteiger charge is 2.10. The first-order valence-corrected chi connectivity index (χ1v) is 8.95. The van der Waals surface area contributed by atoms with Crippen LogP contribution in [0.2, 0.25) is 0 Å². The minimum Gasteiger partial charge on any atom is -0.493 e. The van der Waals surface area contributed by atoms with Crippen molar-refractivity contribution in [2.75, 3.05) is 13.7 Å². The molecule has 27 heavy (non-hydrogen) atoms. The smallest absolute Gasteiger partial charge is 0.191 e. The third-order valence-electron chi connectivity index (χ3n) is 4.14. The molecular weight excluding hydrogens is 455 g/mol. The lowest BCUT2D eigenvalue weighted by molar-refractivity contribution is 0.271. The summed E-state index contributed by atoms with van der Waals surface area (Å²) in [6, 6.07) is 8.28. The summed E-state index contributed by atoms with van der Waals surface area (Å²) in [4.78, 5) is 4.28. The largest absolute Gasteiger partial charge is 0.493 e. The Kier molecular flexibility index (Phi) is 9.54. The number of aliphatic imine (C=N–C) groups is 1. The third-order valence-corrected chi connectivity index (χ3v) is 4.14. The fourth-order valence-corrected chi connectivity index (χ4v) is 2.37. The average Bonchev–Trinajstić information content (AvgIpc) is 2.95. The molecule has 1 atom stereocenters. The Bertz CT molecular complexity index is 726. The van der Waals surface area contributed by atoms with Gasteiger partial charge in [-0.25, -0.2) is 0 Å². The Labute approximate surface area is 179 Å². The molecule has 0 bridgehead atoms. The van der Waals surface area contributed by atoms with E-state index < -0.39 is 0 Å². The summed E-state index contributed by atoms with van der Waals surface area (Å²) >= 11 is 0. The minimum atomic E-state index is 0. The van der Waals surface area contributed by atoms with E-state index in [9.17, 15) is 0 Å². The van der Waals surface area contributed by atoms with Crippen molar-refractivity contribution >= 4 is 29.9 Å². The SMILES string of the molecule is CN=C(NCc1nnc(C)n1C)NC(C)c1ccc(OCC(C)C)cc1.I. The summed E-state index contributed by atoms with van der Waals surface area (Å²) in [6.07, 6.45) is 0. The summed E-state index contributed by atoms with van der Waals surface area (Å²) in [5.41, 5.74) is 1.17. The molecule has 8 heteroatoms. The number of aryl methyl sites for hydroxylation is 1. The van der Waals surface area contributed by atoms with Gasteiger partial charge in [-0.05, 0) is 37.5 Å². The quantitative estimate of drug-likeness (QED) is 0.357. The summed E-state index contributed by atoms with van der Waals surface area (Å²) in [6.45, 7) is 9.60. The van der Waals surface area contributed by atoms with Crippen molar-refractivity contribution in [1.82, 2.24) is 25.4 Å². The number of hydrogen-bond donors (Lipinski definition) is 2. The van der Waals surface area contributed by atoms with Gasteiger partial charge in [0.2, 0.25) is 0 Å². The van der Waals surface area contributed by atoms with E-state index in [2.05, 4.69) is 58.7 Å². The van der Waals surface area contributed by atoms with E-state index in [1.54, 1.807) is 7.05 Å². The number of hydrogen-bond acceptors (Lipinski definition) is 4. The second-order valence-electron chi connectivity index (χ2n) is 6.79. The van der Waals surface area contributed by atoms with E-state index >= 15 is 0 Å². The molecule has 1 heterocycles. The molecule has 0 spiro atoms. The Morgan fingerprint density at radius 2 is 1.85 bits per heavy atom. The lowest BCUT2D eigenvalue weighted by Gasteiger charge is -2.18. The van der Waals surface area contributed by atoms with E-state index in [1.807, 2.05) is 30.7 Å². The molecule has 2 aromatic rings. The van der Waals surface area contributed by atoms with Gasteiger partial charge in [0.25, 0.3) is 0 Å². The number of benzene rings is 1. The van der Waals surface area contributed by atoms with Crippen LogP contribution in [0.4, 0.5) is 0 Å². The lowest BCUT2D eigenvalue weighted by atomic mass is 10.1. The number of ether oxygens (including phenoxy) is 1. The van der Waals surface area contributed by atoms with Gasteiger partial charge >= 0.3 is 0 Å². The van der Waals surface area contributed by atoms with Gasteiger partial charge in [0.15, 0.2) is 11.8 Å². The highest BCUT2D eigenvalue weighted by atomic mass is 127. The summed E-state index contributed by atoms with van der Waals surface area (Å²) < 4.78 is 7.69. The zero-order valence-electron chi connectivity index (χ0n) is 17.0. The summed E-state index contributed by atoms with van der Waals surface area (Å²) in [7, 11) is 3.71. The van der Waals surface area contributed by atoms with E-state index in [4.69, 9.17) is 4.74 Å². The van der Waals surface area contributed by atoms with Crippen LogP contribution in [0.1, 0.15) is 44.0 Å². The molecule has 0 fully saturated rings. The molecule has 1 unspecified atom stereocenters. The molecule has 0 saturated heterocycles. The van der Waals surface area contributed by atoms with Gasteiger partial charge in [-0.2, -0.15) is 0 Å². The first kappa shape index (κ1) is 23.2. The first-order valence-electron chi connectivity index (χ1n) is 8.95. The zero-order chi connectivity index (χ0) is 19.1. The molecular formula is C19H31IN6O. The Morgan fingerprint density at radius 3 is 2.37 bits per heavy atom. The predicted molar refractivity (Wildman–Crippen MR) is 120 cm³/mol. The van der Waals surface area contributed by atoms with Crippen LogP contribution in [0.3, 0.4) is 0 Å². The van der Waals surface area contributed by atoms with Crippen molar-refractivity contribution in [1.29, 1.82) is 0 Å². The average molecular weight is 486 g/mol. The fraction of sp³-hybridized carbons (Fsp3) is 0.526. The monoisotopic (exact) mass is 486 g/mol. The molecule has 1 aromatic carbocycles. The number of guanidine groups is 1. The first-order chi connectivity index (χ1) is 12.4. The van der Waals surface area contributed by atoms with Crippen LogP contribution in [-0.4, -0.2) is 34.4 Å². The Hall–Kier alpha value is -1.84. The second-order valence-corrected chi connectivity index (χ2v) is 6.79. The number of nitrogens with one attached hydrogen (secondary N) is 2. The maximum atomic E-state index is 5.73. The maximum Gasteiger partial charge on any atom is 0.191 e. The standard InChI is InChI=1S/C19H30N6O.HI/c1-13(2)12-26-17-9-7-16(8-10-17)14(3)22-19(20-5)21-11-18-24-23-15(4)25(18)6;/h7-10,13-14H,11-12H2,1-6H3,(H2,20,21,22);1H. The van der Waals surface area contributed by atoms with Crippen LogP contribution in [0, 0.1) is 12.8 Å². The number of halogens is 1. The summed E-state index contributed by atoms with van der Waals surface area (Å²) in [5, 5.41) is 14.9. The van der Waals surface area contributed by atoms with Gasteiger partial charge in [0.05, 0.1) is 19.2 Å². The van der Waals surface area contributed by atoms with Gasteiger partial charge in [-0.3, -0.25) is 4.99 Å². The van der Waals surface area contributed by atoms with Gasteiger partial charge in [0, 0.05) is 14.1 Å². The highest BCUT2D eigenvalue weighted by Crippen LogP contribution is 2.18.